The molecule has 3 heterocycles. The molecule has 0 aliphatic carbocycles. The van der Waals surface area contributed by atoms with Crippen LogP contribution in [0.2, 0.25) is 0 Å². The van der Waals surface area contributed by atoms with Gasteiger partial charge < -0.3 is 5.73 Å². The van der Waals surface area contributed by atoms with E-state index in [2.05, 4.69) is 20.2 Å². The summed E-state index contributed by atoms with van der Waals surface area (Å²) in [4.78, 5) is 8.80. The predicted octanol–water partition coefficient (Wildman–Crippen LogP) is 1.56. The Balaban J connectivity index is 1.95. The molecule has 0 fully saturated rings. The Morgan fingerprint density at radius 2 is 1.95 bits per heavy atom. The maximum Gasteiger partial charge on any atom is 0.204 e. The summed E-state index contributed by atoms with van der Waals surface area (Å²) in [7, 11) is 0. The SMILES string of the molecule is Nc1cccc(-c2nccn2-c2nccn3cnnc23)c1. The van der Waals surface area contributed by atoms with Crippen molar-refractivity contribution in [2.75, 3.05) is 5.73 Å². The van der Waals surface area contributed by atoms with Gasteiger partial charge in [-0.25, -0.2) is 9.97 Å². The Morgan fingerprint density at radius 3 is 2.86 bits per heavy atom. The minimum atomic E-state index is 0.667. The van der Waals surface area contributed by atoms with Gasteiger partial charge in [-0.05, 0) is 12.1 Å². The van der Waals surface area contributed by atoms with E-state index in [1.807, 2.05) is 39.4 Å². The molecule has 7 nitrogen and oxygen atoms in total. The van der Waals surface area contributed by atoms with Crippen molar-refractivity contribution < 1.29 is 0 Å². The van der Waals surface area contributed by atoms with Crippen LogP contribution in [-0.2, 0) is 0 Å². The van der Waals surface area contributed by atoms with Crippen LogP contribution in [0.1, 0.15) is 0 Å². The normalized spacial score (nSPS) is 11.0. The van der Waals surface area contributed by atoms with Gasteiger partial charge in [-0.1, -0.05) is 12.1 Å². The van der Waals surface area contributed by atoms with E-state index in [1.54, 1.807) is 24.9 Å². The topological polar surface area (TPSA) is 86.9 Å². The van der Waals surface area contributed by atoms with Gasteiger partial charge >= 0.3 is 0 Å². The summed E-state index contributed by atoms with van der Waals surface area (Å²) in [6.07, 6.45) is 8.71. The van der Waals surface area contributed by atoms with Crippen molar-refractivity contribution in [1.82, 2.24) is 29.1 Å². The number of benzene rings is 1. The molecule has 0 spiro atoms. The fourth-order valence-corrected chi connectivity index (χ4v) is 2.28. The number of nitrogens with zero attached hydrogens (tertiary/aromatic N) is 6. The number of rotatable bonds is 2. The first-order valence-corrected chi connectivity index (χ1v) is 6.37. The molecular weight excluding hydrogens is 266 g/mol. The number of nitrogens with two attached hydrogens (primary N) is 1. The minimum absolute atomic E-state index is 0.667. The van der Waals surface area contributed by atoms with Crippen molar-refractivity contribution in [3.05, 3.63) is 55.4 Å². The van der Waals surface area contributed by atoms with E-state index in [9.17, 15) is 0 Å². The molecule has 1 aromatic carbocycles. The average Bonchev–Trinajstić information content (AvgIpc) is 3.16. The Bertz CT molecular complexity index is 922. The molecule has 4 aromatic rings. The monoisotopic (exact) mass is 277 g/mol. The summed E-state index contributed by atoms with van der Waals surface area (Å²) in [6, 6.07) is 7.57. The van der Waals surface area contributed by atoms with Gasteiger partial charge in [0.05, 0.1) is 0 Å². The molecule has 0 aliphatic rings. The third kappa shape index (κ3) is 1.83. The third-order valence-electron chi connectivity index (χ3n) is 3.21. The molecule has 2 N–H and O–H groups in total. The molecule has 0 radical (unpaired) electrons. The summed E-state index contributed by atoms with van der Waals surface area (Å²) >= 11 is 0. The summed E-state index contributed by atoms with van der Waals surface area (Å²) in [5, 5.41) is 8.01. The number of hydrogen-bond acceptors (Lipinski definition) is 5. The molecule has 0 unspecified atom stereocenters. The standard InChI is InChI=1S/C14H11N7/c15-11-3-1-2-10(8-11)12-16-5-7-21(12)13-14-19-18-9-20(14)6-4-17-13/h1-9H,15H2. The number of imidazole rings is 1. The highest BCUT2D eigenvalue weighted by Gasteiger charge is 2.13. The first-order chi connectivity index (χ1) is 10.3. The molecule has 0 saturated heterocycles. The molecule has 102 valence electrons. The highest BCUT2D eigenvalue weighted by atomic mass is 15.3. The average molecular weight is 277 g/mol. The van der Waals surface area contributed by atoms with E-state index in [4.69, 9.17) is 5.73 Å². The highest BCUT2D eigenvalue weighted by Crippen LogP contribution is 2.23. The largest absolute Gasteiger partial charge is 0.399 e. The fraction of sp³-hybridized carbons (Fsp3) is 0. The van der Waals surface area contributed by atoms with Crippen molar-refractivity contribution in [1.29, 1.82) is 0 Å². The van der Waals surface area contributed by atoms with Crippen molar-refractivity contribution in [2.24, 2.45) is 0 Å². The van der Waals surface area contributed by atoms with Crippen LogP contribution in [0.15, 0.2) is 55.4 Å². The van der Waals surface area contributed by atoms with Crippen LogP contribution < -0.4 is 5.73 Å². The molecule has 0 atom stereocenters. The van der Waals surface area contributed by atoms with Crippen molar-refractivity contribution in [3.63, 3.8) is 0 Å². The Morgan fingerprint density at radius 1 is 1.05 bits per heavy atom. The zero-order valence-electron chi connectivity index (χ0n) is 11.0. The predicted molar refractivity (Wildman–Crippen MR) is 77.8 cm³/mol. The summed E-state index contributed by atoms with van der Waals surface area (Å²) < 4.78 is 3.68. The zero-order chi connectivity index (χ0) is 14.2. The first-order valence-electron chi connectivity index (χ1n) is 6.37. The second-order valence-electron chi connectivity index (χ2n) is 4.56. The lowest BCUT2D eigenvalue weighted by Gasteiger charge is -2.08. The van der Waals surface area contributed by atoms with Crippen molar-refractivity contribution in [2.45, 2.75) is 0 Å². The first kappa shape index (κ1) is 11.6. The molecule has 0 saturated carbocycles. The van der Waals surface area contributed by atoms with Crippen LogP contribution in [0.25, 0.3) is 22.9 Å². The summed E-state index contributed by atoms with van der Waals surface area (Å²) in [5.41, 5.74) is 8.13. The number of nitrogen functional groups attached to an aromatic ring is 1. The third-order valence-corrected chi connectivity index (χ3v) is 3.21. The van der Waals surface area contributed by atoms with Gasteiger partial charge in [0, 0.05) is 36.0 Å². The minimum Gasteiger partial charge on any atom is -0.399 e. The number of anilines is 1. The highest BCUT2D eigenvalue weighted by molar-refractivity contribution is 5.65. The lowest BCUT2D eigenvalue weighted by molar-refractivity contribution is 0.975. The van der Waals surface area contributed by atoms with Crippen LogP contribution in [0.5, 0.6) is 0 Å². The maximum atomic E-state index is 5.85. The summed E-state index contributed by atoms with van der Waals surface area (Å²) in [5.74, 6) is 1.43. The van der Waals surface area contributed by atoms with Crippen LogP contribution in [-0.4, -0.2) is 29.1 Å². The number of aromatic nitrogens is 6. The van der Waals surface area contributed by atoms with E-state index < -0.39 is 0 Å². The van der Waals surface area contributed by atoms with Crippen LogP contribution in [0.3, 0.4) is 0 Å². The Kier molecular flexibility index (Phi) is 2.43. The molecule has 21 heavy (non-hydrogen) atoms. The van der Waals surface area contributed by atoms with Gasteiger partial charge in [0.1, 0.15) is 12.2 Å². The van der Waals surface area contributed by atoms with E-state index in [-0.39, 0.29) is 0 Å². The second kappa shape index (κ2) is 4.41. The van der Waals surface area contributed by atoms with Gasteiger partial charge in [0.15, 0.2) is 5.82 Å². The van der Waals surface area contributed by atoms with Gasteiger partial charge in [-0.3, -0.25) is 8.97 Å². The van der Waals surface area contributed by atoms with E-state index in [1.165, 1.54) is 0 Å². The lowest BCUT2D eigenvalue weighted by atomic mass is 10.2. The quantitative estimate of drug-likeness (QED) is 0.562. The van der Waals surface area contributed by atoms with Gasteiger partial charge in [0.25, 0.3) is 0 Å². The molecule has 0 amide bonds. The van der Waals surface area contributed by atoms with Gasteiger partial charge in [0.2, 0.25) is 5.65 Å². The van der Waals surface area contributed by atoms with Crippen LogP contribution >= 0.6 is 0 Å². The maximum absolute atomic E-state index is 5.85. The molecule has 3 aromatic heterocycles. The Labute approximate surface area is 119 Å². The van der Waals surface area contributed by atoms with Crippen LogP contribution in [0, 0.1) is 0 Å². The number of hydrogen-bond donors (Lipinski definition) is 1. The van der Waals surface area contributed by atoms with Crippen molar-refractivity contribution >= 4 is 11.3 Å². The van der Waals surface area contributed by atoms with Crippen molar-refractivity contribution in [3.8, 4) is 17.2 Å². The fourth-order valence-electron chi connectivity index (χ4n) is 2.28. The smallest absolute Gasteiger partial charge is 0.204 e. The summed E-state index contributed by atoms with van der Waals surface area (Å²) in [6.45, 7) is 0. The lowest BCUT2D eigenvalue weighted by Crippen LogP contribution is -2.02. The van der Waals surface area contributed by atoms with E-state index in [0.29, 0.717) is 17.2 Å². The Hall–Kier alpha value is -3.22. The van der Waals surface area contributed by atoms with E-state index >= 15 is 0 Å². The molecule has 4 rings (SSSR count). The number of fused-ring (bicyclic) bond motifs is 1. The molecule has 0 aliphatic heterocycles. The second-order valence-corrected chi connectivity index (χ2v) is 4.56. The van der Waals surface area contributed by atoms with E-state index in [0.717, 1.165) is 11.4 Å². The zero-order valence-corrected chi connectivity index (χ0v) is 11.0. The molecular formula is C14H11N7. The van der Waals surface area contributed by atoms with Gasteiger partial charge in [-0.15, -0.1) is 10.2 Å². The van der Waals surface area contributed by atoms with Gasteiger partial charge in [-0.2, -0.15) is 0 Å². The molecule has 0 bridgehead atoms. The molecule has 7 heteroatoms. The van der Waals surface area contributed by atoms with Crippen LogP contribution in [0.4, 0.5) is 5.69 Å².